The first kappa shape index (κ1) is 25.9. The largest absolute Gasteiger partial charge is 0.354 e. The highest BCUT2D eigenvalue weighted by Gasteiger charge is 2.23. The van der Waals surface area contributed by atoms with Crippen LogP contribution in [-0.2, 0) is 21.2 Å². The molecule has 2 N–H and O–H groups in total. The molecule has 188 valence electrons. The molecular formula is C27H28ClN3O4S. The summed E-state index contributed by atoms with van der Waals surface area (Å²) in [7, 11) is -3.74. The van der Waals surface area contributed by atoms with Crippen LogP contribution in [0.5, 0.6) is 0 Å². The lowest BCUT2D eigenvalue weighted by Gasteiger charge is -2.16. The van der Waals surface area contributed by atoms with Gasteiger partial charge >= 0.3 is 0 Å². The third-order valence-electron chi connectivity index (χ3n) is 6.15. The molecule has 1 fully saturated rings. The van der Waals surface area contributed by atoms with Crippen molar-refractivity contribution >= 4 is 33.3 Å². The topological polar surface area (TPSA) is 95.6 Å². The zero-order valence-electron chi connectivity index (χ0n) is 19.7. The summed E-state index contributed by atoms with van der Waals surface area (Å²) in [6.45, 7) is 3.04. The van der Waals surface area contributed by atoms with Gasteiger partial charge < -0.3 is 10.6 Å². The van der Waals surface area contributed by atoms with E-state index in [2.05, 4.69) is 15.5 Å². The Bertz CT molecular complexity index is 1310. The predicted molar refractivity (Wildman–Crippen MR) is 139 cm³/mol. The number of nitrogens with zero attached hydrogens (tertiary/aromatic N) is 1. The maximum Gasteiger partial charge on any atom is 0.251 e. The molecular weight excluding hydrogens is 498 g/mol. The fourth-order valence-electron chi connectivity index (χ4n) is 4.19. The van der Waals surface area contributed by atoms with Crippen LogP contribution >= 0.6 is 11.6 Å². The minimum absolute atomic E-state index is 0.0233. The molecule has 1 saturated heterocycles. The van der Waals surface area contributed by atoms with E-state index < -0.39 is 15.7 Å². The van der Waals surface area contributed by atoms with Crippen molar-refractivity contribution in [2.75, 3.05) is 26.2 Å². The third-order valence-corrected chi connectivity index (χ3v) is 8.17. The molecule has 0 spiro atoms. The molecule has 9 heteroatoms. The zero-order valence-corrected chi connectivity index (χ0v) is 21.3. The molecule has 0 aliphatic carbocycles. The van der Waals surface area contributed by atoms with E-state index in [4.69, 9.17) is 11.6 Å². The highest BCUT2D eigenvalue weighted by Crippen LogP contribution is 2.22. The lowest BCUT2D eigenvalue weighted by molar-refractivity contribution is -0.120. The smallest absolute Gasteiger partial charge is 0.251 e. The number of rotatable bonds is 9. The quantitative estimate of drug-likeness (QED) is 0.445. The molecule has 4 rings (SSSR count). The van der Waals surface area contributed by atoms with Crippen molar-refractivity contribution in [1.82, 2.24) is 15.5 Å². The Morgan fingerprint density at radius 3 is 2.39 bits per heavy atom. The molecule has 1 atom stereocenters. The lowest BCUT2D eigenvalue weighted by atomic mass is 10.1. The van der Waals surface area contributed by atoms with Crippen LogP contribution in [0.2, 0.25) is 5.02 Å². The summed E-state index contributed by atoms with van der Waals surface area (Å²) in [6, 6.07) is 21.7. The Labute approximate surface area is 216 Å². The number of likely N-dealkylation sites (tertiary alicyclic amines) is 1. The van der Waals surface area contributed by atoms with Crippen molar-refractivity contribution in [2.45, 2.75) is 22.8 Å². The average molecular weight is 526 g/mol. The Hall–Kier alpha value is -3.20. The first-order chi connectivity index (χ1) is 17.3. The van der Waals surface area contributed by atoms with E-state index in [-0.39, 0.29) is 27.8 Å². The molecule has 1 unspecified atom stereocenters. The SMILES string of the molecule is O=C(CNC(=O)c1cccc(S(=O)(=O)c2ccccc2)c1)NCC1CCN(Cc2ccc(Cl)cc2)C1. The molecule has 3 aromatic carbocycles. The van der Waals surface area contributed by atoms with E-state index in [9.17, 15) is 18.0 Å². The second kappa shape index (κ2) is 11.7. The highest BCUT2D eigenvalue weighted by molar-refractivity contribution is 7.91. The van der Waals surface area contributed by atoms with E-state index in [1.165, 1.54) is 42.0 Å². The Morgan fingerprint density at radius 1 is 0.917 bits per heavy atom. The molecule has 0 saturated carbocycles. The monoisotopic (exact) mass is 525 g/mol. The van der Waals surface area contributed by atoms with Gasteiger partial charge in [0.15, 0.2) is 0 Å². The van der Waals surface area contributed by atoms with Gasteiger partial charge in [0.25, 0.3) is 5.91 Å². The summed E-state index contributed by atoms with van der Waals surface area (Å²) in [5.74, 6) is -0.449. The first-order valence-electron chi connectivity index (χ1n) is 11.7. The maximum atomic E-state index is 12.8. The van der Waals surface area contributed by atoms with Crippen LogP contribution < -0.4 is 10.6 Å². The van der Waals surface area contributed by atoms with Crippen LogP contribution in [0.3, 0.4) is 0 Å². The van der Waals surface area contributed by atoms with E-state index in [0.717, 1.165) is 31.1 Å². The van der Waals surface area contributed by atoms with Crippen LogP contribution in [0.1, 0.15) is 22.3 Å². The molecule has 1 aliphatic heterocycles. The highest BCUT2D eigenvalue weighted by atomic mass is 35.5. The number of sulfone groups is 1. The van der Waals surface area contributed by atoms with Gasteiger partial charge in [-0.2, -0.15) is 0 Å². The van der Waals surface area contributed by atoms with E-state index in [1.807, 2.05) is 24.3 Å². The van der Waals surface area contributed by atoms with Crippen molar-refractivity contribution in [1.29, 1.82) is 0 Å². The number of carbonyl (C=O) groups is 2. The molecule has 0 bridgehead atoms. The molecule has 3 aromatic rings. The third kappa shape index (κ3) is 6.72. The zero-order chi connectivity index (χ0) is 25.5. The molecule has 0 aromatic heterocycles. The van der Waals surface area contributed by atoms with Gasteiger partial charge in [0.05, 0.1) is 16.3 Å². The van der Waals surface area contributed by atoms with Gasteiger partial charge in [-0.3, -0.25) is 14.5 Å². The second-order valence-corrected chi connectivity index (χ2v) is 11.2. The molecule has 1 aliphatic rings. The maximum absolute atomic E-state index is 12.8. The summed E-state index contributed by atoms with van der Waals surface area (Å²) in [5, 5.41) is 6.18. The summed E-state index contributed by atoms with van der Waals surface area (Å²) >= 11 is 5.95. The normalized spacial score (nSPS) is 16.0. The second-order valence-electron chi connectivity index (χ2n) is 8.85. The van der Waals surface area contributed by atoms with Gasteiger partial charge in [-0.05, 0) is 66.9 Å². The van der Waals surface area contributed by atoms with Crippen molar-refractivity contribution in [2.24, 2.45) is 5.92 Å². The van der Waals surface area contributed by atoms with Crippen molar-refractivity contribution in [3.8, 4) is 0 Å². The van der Waals surface area contributed by atoms with Gasteiger partial charge in [-0.25, -0.2) is 8.42 Å². The van der Waals surface area contributed by atoms with Crippen molar-refractivity contribution < 1.29 is 18.0 Å². The molecule has 36 heavy (non-hydrogen) atoms. The van der Waals surface area contributed by atoms with Crippen molar-refractivity contribution in [3.63, 3.8) is 0 Å². The number of hydrogen-bond donors (Lipinski definition) is 2. The molecule has 0 radical (unpaired) electrons. The fourth-order valence-corrected chi connectivity index (χ4v) is 5.65. The molecule has 2 amide bonds. The van der Waals surface area contributed by atoms with Gasteiger partial charge in [0, 0.05) is 30.2 Å². The van der Waals surface area contributed by atoms with Crippen LogP contribution in [0.25, 0.3) is 0 Å². The summed E-state index contributed by atoms with van der Waals surface area (Å²) in [5.41, 5.74) is 1.38. The van der Waals surface area contributed by atoms with E-state index in [0.29, 0.717) is 12.5 Å². The number of nitrogens with one attached hydrogen (secondary N) is 2. The van der Waals surface area contributed by atoms with Gasteiger partial charge in [-0.15, -0.1) is 0 Å². The Morgan fingerprint density at radius 2 is 1.64 bits per heavy atom. The number of benzene rings is 3. The first-order valence-corrected chi connectivity index (χ1v) is 13.6. The van der Waals surface area contributed by atoms with E-state index >= 15 is 0 Å². The van der Waals surface area contributed by atoms with E-state index in [1.54, 1.807) is 18.2 Å². The standard InChI is InChI=1S/C27H28ClN3O4S/c28-23-11-9-20(10-12-23)18-31-14-13-21(19-31)16-29-26(32)17-30-27(33)22-5-4-8-25(15-22)36(34,35)24-6-2-1-3-7-24/h1-12,15,21H,13-14,16-19H2,(H,29,32)(H,30,33). The van der Waals surface area contributed by atoms with Crippen LogP contribution in [0, 0.1) is 5.92 Å². The summed E-state index contributed by atoms with van der Waals surface area (Å²) in [6.07, 6.45) is 0.989. The van der Waals surface area contributed by atoms with Crippen LogP contribution in [0.4, 0.5) is 0 Å². The molecule has 7 nitrogen and oxygen atoms in total. The minimum Gasteiger partial charge on any atom is -0.354 e. The van der Waals surface area contributed by atoms with Crippen molar-refractivity contribution in [3.05, 3.63) is 95.0 Å². The van der Waals surface area contributed by atoms with Crippen LogP contribution in [0.15, 0.2) is 88.7 Å². The van der Waals surface area contributed by atoms with Crippen LogP contribution in [-0.4, -0.2) is 51.3 Å². The fraction of sp³-hybridized carbons (Fsp3) is 0.259. The minimum atomic E-state index is -3.74. The predicted octanol–water partition coefficient (Wildman–Crippen LogP) is 3.54. The number of halogens is 1. The summed E-state index contributed by atoms with van der Waals surface area (Å²) in [4.78, 5) is 27.4. The summed E-state index contributed by atoms with van der Waals surface area (Å²) < 4.78 is 25.6. The van der Waals surface area contributed by atoms with Gasteiger partial charge in [0.2, 0.25) is 15.7 Å². The number of carbonyl (C=O) groups excluding carboxylic acids is 2. The lowest BCUT2D eigenvalue weighted by Crippen LogP contribution is -2.39. The number of amides is 2. The average Bonchev–Trinajstić information content (AvgIpc) is 3.35. The van der Waals surface area contributed by atoms with Gasteiger partial charge in [0.1, 0.15) is 0 Å². The Balaban J connectivity index is 1.23. The van der Waals surface area contributed by atoms with Gasteiger partial charge in [-0.1, -0.05) is 48.0 Å². The Kier molecular flexibility index (Phi) is 8.40. The molecule has 1 heterocycles. The number of hydrogen-bond acceptors (Lipinski definition) is 5.